The Morgan fingerprint density at radius 2 is 1.54 bits per heavy atom. The van der Waals surface area contributed by atoms with Crippen LogP contribution in [-0.4, -0.2) is 60.7 Å². The third-order valence-corrected chi connectivity index (χ3v) is 7.23. The number of nitrogens with one attached hydrogen (secondary N) is 2. The molecule has 0 spiro atoms. The van der Waals surface area contributed by atoms with Gasteiger partial charge in [0.25, 0.3) is 0 Å². The molecule has 11 nitrogen and oxygen atoms in total. The quantitative estimate of drug-likeness (QED) is 0.208. The molecular formula is C27H29KN4O7S2. The largest absolute Gasteiger partial charge is 1.00 e. The van der Waals surface area contributed by atoms with Gasteiger partial charge in [0.2, 0.25) is 0 Å². The number of aromatic nitrogens is 2. The molecular weight excluding hydrogens is 596 g/mol. The monoisotopic (exact) mass is 624 g/mol. The number of carbonyl (C=O) groups excluding carboxylic acids is 1. The van der Waals surface area contributed by atoms with E-state index in [1.54, 1.807) is 40.5 Å². The van der Waals surface area contributed by atoms with Crippen LogP contribution in [0.1, 0.15) is 32.7 Å². The van der Waals surface area contributed by atoms with E-state index >= 15 is 0 Å². The molecule has 0 fully saturated rings. The Kier molecular flexibility index (Phi) is 14.0. The van der Waals surface area contributed by atoms with Gasteiger partial charge in [-0.25, -0.2) is 4.79 Å². The summed E-state index contributed by atoms with van der Waals surface area (Å²) in [4.78, 5) is 22.6. The van der Waals surface area contributed by atoms with E-state index in [1.165, 1.54) is 0 Å². The second-order valence-corrected chi connectivity index (χ2v) is 9.59. The summed E-state index contributed by atoms with van der Waals surface area (Å²) in [6.07, 6.45) is 0.869. The summed E-state index contributed by atoms with van der Waals surface area (Å²) in [6.45, 7) is 2.65. The van der Waals surface area contributed by atoms with Gasteiger partial charge in [0.1, 0.15) is 17.1 Å². The van der Waals surface area contributed by atoms with Crippen molar-refractivity contribution in [2.45, 2.75) is 13.3 Å². The van der Waals surface area contributed by atoms with Gasteiger partial charge < -0.3 is 39.9 Å². The van der Waals surface area contributed by atoms with Gasteiger partial charge in [0.15, 0.2) is 16.4 Å². The molecule has 0 radical (unpaired) electrons. The Hall–Kier alpha value is -2.72. The molecule has 212 valence electrons. The van der Waals surface area contributed by atoms with Crippen LogP contribution in [0.4, 0.5) is 11.4 Å². The molecule has 41 heavy (non-hydrogen) atoms. The zero-order valence-corrected chi connectivity index (χ0v) is 28.3. The summed E-state index contributed by atoms with van der Waals surface area (Å²) in [5, 5.41) is 26.3. The number of anilines is 2. The van der Waals surface area contributed by atoms with Crippen LogP contribution in [0, 0.1) is 0 Å². The molecule has 4 rings (SSSR count). The Labute approximate surface area is 288 Å². The first kappa shape index (κ1) is 34.5. The number of benzene rings is 2. The number of carbonyl (C=O) groups is 2. The smallest absolute Gasteiger partial charge is 0.544 e. The maximum atomic E-state index is 11.2. The van der Waals surface area contributed by atoms with Crippen molar-refractivity contribution in [1.29, 1.82) is 0 Å². The number of carboxylic acids is 2. The standard InChI is InChI=1S/C15H18N2O4S.C12H12N2O3S.K/c1-4-7-16-13-12(17-22-14(13)15(18)19)9-5-6-10(20-2)11(8-9)21-3;1-13-10-9(14-18-11(10)12(15)16)7-4-3-5-8(6-7)17-2;/h5-6,8,16H,4,7H2,1-3H3,(H,18,19);3-6,13H,1-2H3,(H,15,16);/q;;+1/p-1. The van der Waals surface area contributed by atoms with Gasteiger partial charge in [0, 0.05) is 24.7 Å². The number of methoxy groups -OCH3 is 3. The first-order valence-corrected chi connectivity index (χ1v) is 13.6. The van der Waals surface area contributed by atoms with E-state index in [0.29, 0.717) is 46.6 Å². The van der Waals surface area contributed by atoms with Crippen molar-refractivity contribution in [2.75, 3.05) is 45.6 Å². The molecule has 2 aromatic carbocycles. The molecule has 0 amide bonds. The van der Waals surface area contributed by atoms with E-state index in [0.717, 1.165) is 40.6 Å². The maximum absolute atomic E-state index is 11.2. The summed E-state index contributed by atoms with van der Waals surface area (Å²) in [6, 6.07) is 12.7. The van der Waals surface area contributed by atoms with Crippen molar-refractivity contribution in [1.82, 2.24) is 8.75 Å². The minimum Gasteiger partial charge on any atom is -0.544 e. The first-order chi connectivity index (χ1) is 19.3. The molecule has 0 aliphatic rings. The number of rotatable bonds is 11. The van der Waals surface area contributed by atoms with E-state index < -0.39 is 11.9 Å². The Bertz CT molecular complexity index is 1480. The molecule has 2 aromatic heterocycles. The summed E-state index contributed by atoms with van der Waals surface area (Å²) >= 11 is 1.87. The minimum atomic E-state index is -1.23. The predicted molar refractivity (Wildman–Crippen MR) is 154 cm³/mol. The third kappa shape index (κ3) is 8.41. The van der Waals surface area contributed by atoms with Crippen molar-refractivity contribution in [3.8, 4) is 39.8 Å². The average Bonchev–Trinajstić information content (AvgIpc) is 3.61. The van der Waals surface area contributed by atoms with E-state index in [-0.39, 0.29) is 61.1 Å². The fourth-order valence-electron chi connectivity index (χ4n) is 3.66. The van der Waals surface area contributed by atoms with Crippen LogP contribution in [0.2, 0.25) is 0 Å². The van der Waals surface area contributed by atoms with Gasteiger partial charge in [0.05, 0.1) is 43.6 Å². The molecule has 0 unspecified atom stereocenters. The fourth-order valence-corrected chi connectivity index (χ4v) is 5.12. The van der Waals surface area contributed by atoms with Gasteiger partial charge in [-0.2, -0.15) is 8.75 Å². The number of aromatic carboxylic acids is 2. The Morgan fingerprint density at radius 1 is 0.902 bits per heavy atom. The molecule has 4 aromatic rings. The van der Waals surface area contributed by atoms with Crippen LogP contribution in [0.3, 0.4) is 0 Å². The fraction of sp³-hybridized carbons (Fsp3) is 0.259. The predicted octanol–water partition coefficient (Wildman–Crippen LogP) is 1.58. The number of nitrogens with zero attached hydrogens (tertiary/aromatic N) is 2. The molecule has 3 N–H and O–H groups in total. The van der Waals surface area contributed by atoms with Crippen LogP contribution < -0.4 is 81.3 Å². The molecule has 0 saturated heterocycles. The van der Waals surface area contributed by atoms with Crippen molar-refractivity contribution in [3.05, 3.63) is 52.2 Å². The maximum Gasteiger partial charge on any atom is 1.00 e. The SMILES string of the molecule is CCCNc1c(-c2ccc(OC)c(OC)c2)nsc1C(=O)[O-].CNc1c(-c2cccc(OC)c2)nsc1C(=O)O.[K+]. The average molecular weight is 625 g/mol. The van der Waals surface area contributed by atoms with Crippen molar-refractivity contribution < 1.29 is 85.4 Å². The number of ether oxygens (including phenoxy) is 3. The minimum absolute atomic E-state index is 0. The number of hydrogen-bond acceptors (Lipinski definition) is 12. The van der Waals surface area contributed by atoms with Crippen LogP contribution in [0.5, 0.6) is 17.2 Å². The van der Waals surface area contributed by atoms with Crippen LogP contribution in [0.25, 0.3) is 22.5 Å². The van der Waals surface area contributed by atoms with Gasteiger partial charge >= 0.3 is 57.4 Å². The molecule has 0 bridgehead atoms. The zero-order chi connectivity index (χ0) is 29.2. The second-order valence-electron chi connectivity index (χ2n) is 8.04. The molecule has 14 heteroatoms. The van der Waals surface area contributed by atoms with Gasteiger partial charge in [-0.1, -0.05) is 19.1 Å². The summed E-state index contributed by atoms with van der Waals surface area (Å²) in [5.74, 6) is -0.345. The second kappa shape index (κ2) is 16.7. The van der Waals surface area contributed by atoms with Gasteiger partial charge in [-0.15, -0.1) is 0 Å². The topological polar surface area (TPSA) is 155 Å². The van der Waals surface area contributed by atoms with E-state index in [1.807, 2.05) is 37.3 Å². The summed E-state index contributed by atoms with van der Waals surface area (Å²) in [5.41, 5.74) is 3.78. The molecule has 2 heterocycles. The number of hydrogen-bond donors (Lipinski definition) is 3. The first-order valence-electron chi connectivity index (χ1n) is 12.0. The van der Waals surface area contributed by atoms with Crippen molar-refractivity contribution in [3.63, 3.8) is 0 Å². The van der Waals surface area contributed by atoms with Crippen molar-refractivity contribution >= 4 is 46.4 Å². The third-order valence-electron chi connectivity index (χ3n) is 5.57. The Morgan fingerprint density at radius 3 is 2.10 bits per heavy atom. The molecule has 0 aliphatic heterocycles. The normalized spacial score (nSPS) is 9.98. The number of carboxylic acid groups (broad SMARTS) is 2. The van der Waals surface area contributed by atoms with E-state index in [4.69, 9.17) is 19.3 Å². The van der Waals surface area contributed by atoms with E-state index in [9.17, 15) is 14.7 Å². The summed E-state index contributed by atoms with van der Waals surface area (Å²) < 4.78 is 24.1. The van der Waals surface area contributed by atoms with Gasteiger partial charge in [-0.05, 0) is 59.8 Å². The zero-order valence-electron chi connectivity index (χ0n) is 23.6. The molecule has 0 atom stereocenters. The van der Waals surface area contributed by atoms with Crippen molar-refractivity contribution in [2.24, 2.45) is 0 Å². The Balaban J connectivity index is 0.000000285. The van der Waals surface area contributed by atoms with Crippen LogP contribution >= 0.6 is 23.1 Å². The van der Waals surface area contributed by atoms with Crippen LogP contribution in [-0.2, 0) is 0 Å². The van der Waals surface area contributed by atoms with Gasteiger partial charge in [-0.3, -0.25) is 0 Å². The molecule has 0 aliphatic carbocycles. The van der Waals surface area contributed by atoms with E-state index in [2.05, 4.69) is 19.4 Å². The summed E-state index contributed by atoms with van der Waals surface area (Å²) in [7, 11) is 6.37. The van der Waals surface area contributed by atoms with Crippen LogP contribution in [0.15, 0.2) is 42.5 Å². The molecule has 0 saturated carbocycles.